The summed E-state index contributed by atoms with van der Waals surface area (Å²) in [6.07, 6.45) is 0. The second kappa shape index (κ2) is 3.78. The first kappa shape index (κ1) is 12.5. The lowest BCUT2D eigenvalue weighted by molar-refractivity contribution is -0.151. The Kier molecular flexibility index (Phi) is 2.96. The third kappa shape index (κ3) is 1.57. The van der Waals surface area contributed by atoms with Crippen LogP contribution in [0.5, 0.6) is 0 Å². The molecule has 2 heterocycles. The summed E-state index contributed by atoms with van der Waals surface area (Å²) in [5.41, 5.74) is -0.437. The third-order valence-corrected chi connectivity index (χ3v) is 5.66. The van der Waals surface area contributed by atoms with E-state index < -0.39 is 11.5 Å². The van der Waals surface area contributed by atoms with Gasteiger partial charge in [0.15, 0.2) is 0 Å². The fourth-order valence-corrected chi connectivity index (χ4v) is 4.10. The monoisotopic (exact) mass is 326 g/mol. The first-order valence-corrected chi connectivity index (χ1v) is 6.97. The van der Waals surface area contributed by atoms with Crippen LogP contribution in [0, 0.1) is 0 Å². The summed E-state index contributed by atoms with van der Waals surface area (Å²) in [7, 11) is 1.72. The van der Waals surface area contributed by atoms with Gasteiger partial charge in [0.05, 0.1) is 4.75 Å². The van der Waals surface area contributed by atoms with Crippen LogP contribution in [0.3, 0.4) is 0 Å². The third-order valence-electron chi connectivity index (χ3n) is 2.85. The van der Waals surface area contributed by atoms with Gasteiger partial charge in [-0.05, 0) is 25.8 Å². The van der Waals surface area contributed by atoms with Crippen molar-refractivity contribution in [1.29, 1.82) is 0 Å². The number of likely N-dealkylation sites (N-methyl/N-ethyl adjacent to an activating group) is 1. The van der Waals surface area contributed by atoms with Crippen LogP contribution in [0.25, 0.3) is 0 Å². The molecule has 2 amide bonds. The van der Waals surface area contributed by atoms with Gasteiger partial charge in [0, 0.05) is 7.05 Å². The van der Waals surface area contributed by atoms with Crippen molar-refractivity contribution >= 4 is 51.3 Å². The van der Waals surface area contributed by atoms with Gasteiger partial charge in [-0.15, -0.1) is 0 Å². The summed E-state index contributed by atoms with van der Waals surface area (Å²) >= 11 is 10.7. The predicted molar refractivity (Wildman–Crippen MR) is 67.4 cm³/mol. The van der Waals surface area contributed by atoms with Crippen LogP contribution < -0.4 is 0 Å². The van der Waals surface area contributed by atoms with Gasteiger partial charge in [0.2, 0.25) is 5.91 Å². The standard InChI is InChI=1S/C9H12BrClN2O2S/c1-9(2)5(8(15)12(3)16-9)13-6(11)4(10)7(13)14/h4-6H,1-3H3/t4-,5+,6+/m1/s1. The summed E-state index contributed by atoms with van der Waals surface area (Å²) in [5, 5.41) is 0. The van der Waals surface area contributed by atoms with Crippen molar-refractivity contribution in [3.05, 3.63) is 0 Å². The molecule has 0 aliphatic carbocycles. The average molecular weight is 328 g/mol. The minimum atomic E-state index is -0.466. The maximum Gasteiger partial charge on any atom is 0.256 e. The molecule has 2 rings (SSSR count). The number of likely N-dealkylation sites (tertiary alicyclic amines) is 1. The molecule has 16 heavy (non-hydrogen) atoms. The van der Waals surface area contributed by atoms with E-state index in [1.807, 2.05) is 13.8 Å². The fraction of sp³-hybridized carbons (Fsp3) is 0.778. The van der Waals surface area contributed by atoms with Crippen LogP contribution >= 0.6 is 39.5 Å². The van der Waals surface area contributed by atoms with Crippen LogP contribution in [-0.4, -0.2) is 49.2 Å². The molecule has 2 aliphatic heterocycles. The highest BCUT2D eigenvalue weighted by Crippen LogP contribution is 2.45. The van der Waals surface area contributed by atoms with E-state index in [4.69, 9.17) is 11.6 Å². The highest BCUT2D eigenvalue weighted by atomic mass is 79.9. The lowest BCUT2D eigenvalue weighted by atomic mass is 9.97. The SMILES string of the molecule is CN1SC(C)(C)[C@@H](N2C(=O)[C@H](Br)[C@H]2Cl)C1=O. The van der Waals surface area contributed by atoms with E-state index in [2.05, 4.69) is 15.9 Å². The number of carbonyl (C=O) groups is 2. The molecular formula is C9H12BrClN2O2S. The van der Waals surface area contributed by atoms with E-state index in [1.165, 1.54) is 16.8 Å². The molecule has 0 aromatic carbocycles. The van der Waals surface area contributed by atoms with Gasteiger partial charge in [0.1, 0.15) is 16.4 Å². The van der Waals surface area contributed by atoms with Gasteiger partial charge >= 0.3 is 0 Å². The predicted octanol–water partition coefficient (Wildman–Crippen LogP) is 1.42. The van der Waals surface area contributed by atoms with E-state index in [0.29, 0.717) is 0 Å². The Bertz CT molecular complexity index is 365. The summed E-state index contributed by atoms with van der Waals surface area (Å²) in [4.78, 5) is 24.8. The fourth-order valence-electron chi connectivity index (χ4n) is 2.08. The molecule has 0 unspecified atom stereocenters. The van der Waals surface area contributed by atoms with Crippen molar-refractivity contribution < 1.29 is 9.59 Å². The number of halogens is 2. The van der Waals surface area contributed by atoms with Crippen LogP contribution in [0.1, 0.15) is 13.8 Å². The van der Waals surface area contributed by atoms with E-state index in [9.17, 15) is 9.59 Å². The Morgan fingerprint density at radius 1 is 1.38 bits per heavy atom. The summed E-state index contributed by atoms with van der Waals surface area (Å²) in [6.45, 7) is 3.89. The molecule has 0 saturated carbocycles. The molecule has 0 aromatic heterocycles. The van der Waals surface area contributed by atoms with Gasteiger partial charge in [-0.25, -0.2) is 0 Å². The van der Waals surface area contributed by atoms with Crippen molar-refractivity contribution in [2.24, 2.45) is 0 Å². The summed E-state index contributed by atoms with van der Waals surface area (Å²) < 4.78 is 1.24. The molecule has 0 aromatic rings. The van der Waals surface area contributed by atoms with Crippen molar-refractivity contribution in [2.45, 2.75) is 35.0 Å². The number of nitrogens with zero attached hydrogens (tertiary/aromatic N) is 2. The van der Waals surface area contributed by atoms with E-state index in [1.54, 1.807) is 11.4 Å². The highest BCUT2D eigenvalue weighted by Gasteiger charge is 2.58. The number of amides is 2. The van der Waals surface area contributed by atoms with Crippen molar-refractivity contribution in [3.8, 4) is 0 Å². The molecule has 0 spiro atoms. The second-order valence-electron chi connectivity index (χ2n) is 4.45. The Morgan fingerprint density at radius 2 is 1.94 bits per heavy atom. The zero-order valence-electron chi connectivity index (χ0n) is 9.11. The van der Waals surface area contributed by atoms with Crippen LogP contribution in [0.4, 0.5) is 0 Å². The molecule has 0 N–H and O–H groups in total. The summed E-state index contributed by atoms with van der Waals surface area (Å²) in [6, 6.07) is -0.466. The topological polar surface area (TPSA) is 40.6 Å². The van der Waals surface area contributed by atoms with Crippen LogP contribution in [-0.2, 0) is 9.59 Å². The number of alkyl halides is 2. The molecule has 7 heteroatoms. The van der Waals surface area contributed by atoms with Gasteiger partial charge in [-0.1, -0.05) is 27.5 Å². The van der Waals surface area contributed by atoms with Gasteiger partial charge in [0.25, 0.3) is 5.91 Å². The molecule has 3 atom stereocenters. The number of hydrogen-bond donors (Lipinski definition) is 0. The van der Waals surface area contributed by atoms with Gasteiger partial charge < -0.3 is 4.90 Å². The largest absolute Gasteiger partial charge is 0.310 e. The minimum absolute atomic E-state index is 0.0617. The molecule has 0 bridgehead atoms. The zero-order valence-corrected chi connectivity index (χ0v) is 12.3. The van der Waals surface area contributed by atoms with Crippen LogP contribution in [0.2, 0.25) is 0 Å². The van der Waals surface area contributed by atoms with Crippen molar-refractivity contribution in [1.82, 2.24) is 9.21 Å². The molecule has 2 fully saturated rings. The first-order valence-electron chi connectivity index (χ1n) is 4.84. The Balaban J connectivity index is 2.27. The lowest BCUT2D eigenvalue weighted by Gasteiger charge is -2.46. The van der Waals surface area contributed by atoms with E-state index >= 15 is 0 Å². The van der Waals surface area contributed by atoms with E-state index in [-0.39, 0.29) is 21.4 Å². The first-order chi connectivity index (χ1) is 7.27. The Morgan fingerprint density at radius 3 is 2.31 bits per heavy atom. The maximum atomic E-state index is 12.0. The number of carbonyl (C=O) groups excluding carboxylic acids is 2. The molecule has 4 nitrogen and oxygen atoms in total. The quantitative estimate of drug-likeness (QED) is 0.317. The van der Waals surface area contributed by atoms with Crippen molar-refractivity contribution in [3.63, 3.8) is 0 Å². The lowest BCUT2D eigenvalue weighted by Crippen LogP contribution is -2.67. The average Bonchev–Trinajstić information content (AvgIpc) is 2.40. The molecular weight excluding hydrogens is 316 g/mol. The Hall–Kier alpha value is 0.0600. The van der Waals surface area contributed by atoms with E-state index in [0.717, 1.165) is 0 Å². The maximum absolute atomic E-state index is 12.0. The second-order valence-corrected chi connectivity index (χ2v) is 7.67. The molecule has 90 valence electrons. The van der Waals surface area contributed by atoms with Gasteiger partial charge in [-0.2, -0.15) is 0 Å². The molecule has 2 aliphatic rings. The minimum Gasteiger partial charge on any atom is -0.310 e. The summed E-state index contributed by atoms with van der Waals surface area (Å²) in [5.74, 6) is -0.171. The van der Waals surface area contributed by atoms with Gasteiger partial charge in [-0.3, -0.25) is 13.9 Å². The molecule has 0 radical (unpaired) electrons. The number of hydrogen-bond acceptors (Lipinski definition) is 3. The molecule has 2 saturated heterocycles. The number of rotatable bonds is 1. The smallest absolute Gasteiger partial charge is 0.256 e. The number of β-lactam (4-membered cyclic amide) rings is 1. The Labute approximate surface area is 112 Å². The zero-order chi connectivity index (χ0) is 12.2. The van der Waals surface area contributed by atoms with Crippen LogP contribution in [0.15, 0.2) is 0 Å². The van der Waals surface area contributed by atoms with Crippen molar-refractivity contribution in [2.75, 3.05) is 7.05 Å². The highest BCUT2D eigenvalue weighted by molar-refractivity contribution is 9.10. The normalized spacial score (nSPS) is 37.9.